The van der Waals surface area contributed by atoms with Gasteiger partial charge in [0, 0.05) is 55.4 Å². The Balaban J connectivity index is 1.53. The summed E-state index contributed by atoms with van der Waals surface area (Å²) < 4.78 is 4.96. The molecule has 0 saturated carbocycles. The average molecular weight is 331 g/mol. The highest BCUT2D eigenvalue weighted by Gasteiger charge is 2.23. The first-order chi connectivity index (χ1) is 11.7. The number of carbonyl (C=O) groups excluding carboxylic acids is 1. The van der Waals surface area contributed by atoms with Gasteiger partial charge in [0.1, 0.15) is 0 Å². The maximum absolute atomic E-state index is 12.6. The Kier molecular flexibility index (Phi) is 5.50. The second kappa shape index (κ2) is 7.79. The number of β-amino-alcohol motifs (C(OH)–C–C–N with tert-alkyl or cyclic N) is 1. The summed E-state index contributed by atoms with van der Waals surface area (Å²) >= 11 is 0. The molecule has 1 aliphatic rings. The van der Waals surface area contributed by atoms with E-state index in [1.807, 2.05) is 30.5 Å². The third-order valence-electron chi connectivity index (χ3n) is 4.59. The number of amides is 1. The lowest BCUT2D eigenvalue weighted by Gasteiger charge is -2.33. The number of hydrogen-bond acceptors (Lipinski definition) is 4. The van der Waals surface area contributed by atoms with Crippen LogP contribution in [0, 0.1) is 0 Å². The maximum Gasteiger partial charge on any atom is 0.252 e. The highest BCUT2D eigenvalue weighted by atomic mass is 16.5. The van der Waals surface area contributed by atoms with E-state index in [0.29, 0.717) is 18.7 Å². The van der Waals surface area contributed by atoms with Crippen LogP contribution in [0.5, 0.6) is 0 Å². The van der Waals surface area contributed by atoms with Crippen molar-refractivity contribution in [1.29, 1.82) is 0 Å². The smallest absolute Gasteiger partial charge is 0.252 e. The molecule has 6 heteroatoms. The van der Waals surface area contributed by atoms with Crippen molar-refractivity contribution in [3.63, 3.8) is 0 Å². The Labute approximate surface area is 141 Å². The SMILES string of the molecule is COCC(O)CN1CCC(NC(=O)c2cccc3[nH]ccc23)CC1. The summed E-state index contributed by atoms with van der Waals surface area (Å²) in [5, 5.41) is 13.9. The number of benzene rings is 1. The van der Waals surface area contributed by atoms with Crippen LogP contribution < -0.4 is 5.32 Å². The molecule has 2 heterocycles. The summed E-state index contributed by atoms with van der Waals surface area (Å²) in [4.78, 5) is 17.9. The van der Waals surface area contributed by atoms with Gasteiger partial charge in [0.2, 0.25) is 0 Å². The van der Waals surface area contributed by atoms with Gasteiger partial charge in [0.15, 0.2) is 0 Å². The quantitative estimate of drug-likeness (QED) is 0.747. The summed E-state index contributed by atoms with van der Waals surface area (Å²) in [6, 6.07) is 7.84. The van der Waals surface area contributed by atoms with Gasteiger partial charge in [-0.05, 0) is 31.0 Å². The van der Waals surface area contributed by atoms with Crippen LogP contribution in [-0.2, 0) is 4.74 Å². The molecule has 1 aliphatic heterocycles. The lowest BCUT2D eigenvalue weighted by molar-refractivity contribution is 0.0309. The van der Waals surface area contributed by atoms with Gasteiger partial charge < -0.3 is 25.0 Å². The van der Waals surface area contributed by atoms with Crippen LogP contribution in [0.15, 0.2) is 30.5 Å². The number of aromatic amines is 1. The lowest BCUT2D eigenvalue weighted by atomic mass is 10.0. The van der Waals surface area contributed by atoms with Crippen molar-refractivity contribution in [1.82, 2.24) is 15.2 Å². The van der Waals surface area contributed by atoms with Gasteiger partial charge in [-0.3, -0.25) is 4.79 Å². The van der Waals surface area contributed by atoms with E-state index in [1.165, 1.54) is 0 Å². The standard InChI is InChI=1S/C18H25N3O3/c1-24-12-14(22)11-21-9-6-13(7-10-21)20-18(23)16-3-2-4-17-15(16)5-8-19-17/h2-5,8,13-14,19,22H,6-7,9-12H2,1H3,(H,20,23). The Hall–Kier alpha value is -1.89. The zero-order chi connectivity index (χ0) is 16.9. The van der Waals surface area contributed by atoms with Gasteiger partial charge in [-0.2, -0.15) is 0 Å². The predicted octanol–water partition coefficient (Wildman–Crippen LogP) is 1.37. The minimum atomic E-state index is -0.452. The van der Waals surface area contributed by atoms with Gasteiger partial charge in [-0.25, -0.2) is 0 Å². The van der Waals surface area contributed by atoms with Gasteiger partial charge in [0.25, 0.3) is 5.91 Å². The summed E-state index contributed by atoms with van der Waals surface area (Å²) in [6.45, 7) is 2.73. The van der Waals surface area contributed by atoms with E-state index in [-0.39, 0.29) is 11.9 Å². The molecule has 1 saturated heterocycles. The van der Waals surface area contributed by atoms with E-state index in [2.05, 4.69) is 15.2 Å². The number of methoxy groups -OCH3 is 1. The van der Waals surface area contributed by atoms with Crippen molar-refractivity contribution >= 4 is 16.8 Å². The van der Waals surface area contributed by atoms with Crippen LogP contribution in [0.2, 0.25) is 0 Å². The van der Waals surface area contributed by atoms with Crippen LogP contribution in [0.1, 0.15) is 23.2 Å². The molecule has 6 nitrogen and oxygen atoms in total. The van der Waals surface area contributed by atoms with E-state index in [0.717, 1.165) is 36.8 Å². The number of aromatic nitrogens is 1. The first-order valence-electron chi connectivity index (χ1n) is 8.43. The zero-order valence-electron chi connectivity index (χ0n) is 14.0. The minimum Gasteiger partial charge on any atom is -0.389 e. The van der Waals surface area contributed by atoms with Crippen molar-refractivity contribution < 1.29 is 14.6 Å². The van der Waals surface area contributed by atoms with Crippen molar-refractivity contribution in [2.75, 3.05) is 33.4 Å². The average Bonchev–Trinajstić information content (AvgIpc) is 3.05. The summed E-state index contributed by atoms with van der Waals surface area (Å²) in [7, 11) is 1.59. The van der Waals surface area contributed by atoms with E-state index in [9.17, 15) is 9.90 Å². The van der Waals surface area contributed by atoms with Gasteiger partial charge >= 0.3 is 0 Å². The molecule has 24 heavy (non-hydrogen) atoms. The molecule has 0 spiro atoms. The van der Waals surface area contributed by atoms with E-state index in [1.54, 1.807) is 7.11 Å². The van der Waals surface area contributed by atoms with E-state index < -0.39 is 6.10 Å². The number of piperidine rings is 1. The maximum atomic E-state index is 12.6. The van der Waals surface area contributed by atoms with Crippen molar-refractivity contribution in [2.24, 2.45) is 0 Å². The van der Waals surface area contributed by atoms with Crippen LogP contribution >= 0.6 is 0 Å². The number of nitrogens with zero attached hydrogens (tertiary/aromatic N) is 1. The van der Waals surface area contributed by atoms with Gasteiger partial charge in [-0.1, -0.05) is 6.07 Å². The summed E-state index contributed by atoms with van der Waals surface area (Å²) in [5.41, 5.74) is 1.69. The monoisotopic (exact) mass is 331 g/mol. The third kappa shape index (κ3) is 3.95. The minimum absolute atomic E-state index is 0.0157. The fourth-order valence-electron chi connectivity index (χ4n) is 3.35. The van der Waals surface area contributed by atoms with Crippen LogP contribution in [0.25, 0.3) is 10.9 Å². The van der Waals surface area contributed by atoms with Crippen LogP contribution in [0.3, 0.4) is 0 Å². The molecule has 0 bridgehead atoms. The molecule has 1 amide bonds. The number of hydrogen-bond donors (Lipinski definition) is 3. The normalized spacial score (nSPS) is 17.9. The van der Waals surface area contributed by atoms with Crippen molar-refractivity contribution in [3.8, 4) is 0 Å². The Bertz CT molecular complexity index is 677. The van der Waals surface area contributed by atoms with E-state index >= 15 is 0 Å². The zero-order valence-corrected chi connectivity index (χ0v) is 14.0. The molecule has 1 unspecified atom stereocenters. The van der Waals surface area contributed by atoms with Gasteiger partial charge in [0.05, 0.1) is 12.7 Å². The number of nitrogens with one attached hydrogen (secondary N) is 2. The number of fused-ring (bicyclic) bond motifs is 1. The first-order valence-corrected chi connectivity index (χ1v) is 8.43. The number of aliphatic hydroxyl groups excluding tert-OH is 1. The molecule has 130 valence electrons. The highest BCUT2D eigenvalue weighted by molar-refractivity contribution is 6.06. The fraction of sp³-hybridized carbons (Fsp3) is 0.500. The van der Waals surface area contributed by atoms with Gasteiger partial charge in [-0.15, -0.1) is 0 Å². The number of rotatable bonds is 6. The number of carbonyl (C=O) groups is 1. The predicted molar refractivity (Wildman–Crippen MR) is 93.1 cm³/mol. The van der Waals surface area contributed by atoms with E-state index in [4.69, 9.17) is 4.74 Å². The number of aliphatic hydroxyl groups is 1. The lowest BCUT2D eigenvalue weighted by Crippen LogP contribution is -2.47. The third-order valence-corrected chi connectivity index (χ3v) is 4.59. The molecule has 1 aromatic carbocycles. The van der Waals surface area contributed by atoms with Crippen molar-refractivity contribution in [3.05, 3.63) is 36.0 Å². The highest BCUT2D eigenvalue weighted by Crippen LogP contribution is 2.18. The molecule has 0 radical (unpaired) electrons. The Morgan fingerprint density at radius 1 is 1.42 bits per heavy atom. The fourth-order valence-corrected chi connectivity index (χ4v) is 3.35. The molecule has 0 aliphatic carbocycles. The largest absolute Gasteiger partial charge is 0.389 e. The van der Waals surface area contributed by atoms with Crippen LogP contribution in [0.4, 0.5) is 0 Å². The molecule has 1 atom stereocenters. The number of H-pyrrole nitrogens is 1. The Morgan fingerprint density at radius 2 is 2.21 bits per heavy atom. The molecule has 1 fully saturated rings. The topological polar surface area (TPSA) is 77.6 Å². The molecule has 2 aromatic rings. The first kappa shape index (κ1) is 17.0. The molecule has 3 N–H and O–H groups in total. The summed E-state index contributed by atoms with van der Waals surface area (Å²) in [6.07, 6.45) is 3.20. The van der Waals surface area contributed by atoms with Crippen molar-refractivity contribution in [2.45, 2.75) is 25.0 Å². The summed E-state index contributed by atoms with van der Waals surface area (Å²) in [5.74, 6) is -0.0157. The molecular formula is C18H25N3O3. The Morgan fingerprint density at radius 3 is 2.96 bits per heavy atom. The second-order valence-electron chi connectivity index (χ2n) is 6.40. The molecule has 3 rings (SSSR count). The van der Waals surface area contributed by atoms with Crippen LogP contribution in [-0.4, -0.2) is 66.4 Å². The number of ether oxygens (including phenoxy) is 1. The second-order valence-corrected chi connectivity index (χ2v) is 6.40. The molecular weight excluding hydrogens is 306 g/mol. The number of likely N-dealkylation sites (tertiary alicyclic amines) is 1. The molecule has 1 aromatic heterocycles.